The highest BCUT2D eigenvalue weighted by Crippen LogP contribution is 2.21. The number of hydrogen-bond acceptors (Lipinski definition) is 5. The number of carboxylic acid groups (broad SMARTS) is 1. The molecular formula is C11H14N2O5. The van der Waals surface area contributed by atoms with Crippen molar-refractivity contribution in [1.82, 2.24) is 0 Å². The zero-order chi connectivity index (χ0) is 13.7. The Morgan fingerprint density at radius 1 is 1.61 bits per heavy atom. The lowest BCUT2D eigenvalue weighted by molar-refractivity contribution is -0.384. The molecule has 0 aliphatic heterocycles. The molecule has 0 aromatic heterocycles. The molecule has 1 rings (SSSR count). The molecule has 0 fully saturated rings. The number of non-ortho nitro benzene ring substituents is 1. The first-order valence-electron chi connectivity index (χ1n) is 5.20. The highest BCUT2D eigenvalue weighted by molar-refractivity contribution is 5.73. The first kappa shape index (κ1) is 13.9. The number of ether oxygens (including phenoxy) is 1. The highest BCUT2D eigenvalue weighted by atomic mass is 16.6. The van der Waals surface area contributed by atoms with Gasteiger partial charge >= 0.3 is 5.97 Å². The summed E-state index contributed by atoms with van der Waals surface area (Å²) in [4.78, 5) is 20.8. The van der Waals surface area contributed by atoms with Gasteiger partial charge in [0.1, 0.15) is 0 Å². The lowest BCUT2D eigenvalue weighted by atomic mass is 10.1. The van der Waals surface area contributed by atoms with Crippen LogP contribution in [0.4, 0.5) is 11.4 Å². The molecule has 0 bridgehead atoms. The summed E-state index contributed by atoms with van der Waals surface area (Å²) >= 11 is 0. The Morgan fingerprint density at radius 3 is 2.72 bits per heavy atom. The number of nitro groups is 1. The van der Waals surface area contributed by atoms with E-state index in [-0.39, 0.29) is 12.2 Å². The predicted octanol–water partition coefficient (Wildman–Crippen LogP) is 1.41. The molecule has 0 amide bonds. The predicted molar refractivity (Wildman–Crippen MR) is 64.8 cm³/mol. The molecule has 0 saturated heterocycles. The summed E-state index contributed by atoms with van der Waals surface area (Å²) in [6.45, 7) is 1.79. The topological polar surface area (TPSA) is 102 Å². The number of hydrogen-bond donors (Lipinski definition) is 2. The van der Waals surface area contributed by atoms with E-state index in [4.69, 9.17) is 9.84 Å². The number of aliphatic carboxylic acids is 1. The monoisotopic (exact) mass is 254 g/mol. The second-order valence-corrected chi connectivity index (χ2v) is 3.70. The summed E-state index contributed by atoms with van der Waals surface area (Å²) in [6.07, 6.45) is -0.959. The van der Waals surface area contributed by atoms with Crippen molar-refractivity contribution in [3.05, 3.63) is 33.9 Å². The number of nitro benzene ring substituents is 1. The van der Waals surface area contributed by atoms with E-state index in [1.807, 2.05) is 0 Å². The fourth-order valence-corrected chi connectivity index (χ4v) is 1.43. The van der Waals surface area contributed by atoms with Crippen LogP contribution in [0, 0.1) is 17.0 Å². The Hall–Kier alpha value is -2.15. The molecular weight excluding hydrogens is 240 g/mol. The lowest BCUT2D eigenvalue weighted by Crippen LogP contribution is -2.30. The van der Waals surface area contributed by atoms with Crippen molar-refractivity contribution in [2.24, 2.45) is 0 Å². The molecule has 1 unspecified atom stereocenters. The van der Waals surface area contributed by atoms with Gasteiger partial charge in [-0.1, -0.05) is 0 Å². The number of carbonyl (C=O) groups is 1. The van der Waals surface area contributed by atoms with Crippen molar-refractivity contribution in [2.45, 2.75) is 13.0 Å². The maximum absolute atomic E-state index is 10.7. The Labute approximate surface area is 104 Å². The quantitative estimate of drug-likeness (QED) is 0.588. The number of benzene rings is 1. The van der Waals surface area contributed by atoms with Gasteiger partial charge in [-0.2, -0.15) is 0 Å². The minimum atomic E-state index is -1.07. The third-order valence-corrected chi connectivity index (χ3v) is 2.46. The summed E-state index contributed by atoms with van der Waals surface area (Å²) in [7, 11) is 1.31. The smallest absolute Gasteiger partial charge is 0.334 e. The van der Waals surface area contributed by atoms with Crippen LogP contribution in [0.3, 0.4) is 0 Å². The van der Waals surface area contributed by atoms with Crippen molar-refractivity contribution in [3.63, 3.8) is 0 Å². The van der Waals surface area contributed by atoms with E-state index >= 15 is 0 Å². The lowest BCUT2D eigenvalue weighted by Gasteiger charge is -2.13. The largest absolute Gasteiger partial charge is 0.479 e. The zero-order valence-corrected chi connectivity index (χ0v) is 10.0. The van der Waals surface area contributed by atoms with E-state index < -0.39 is 17.0 Å². The van der Waals surface area contributed by atoms with E-state index in [1.54, 1.807) is 13.0 Å². The van der Waals surface area contributed by atoms with Gasteiger partial charge in [-0.25, -0.2) is 4.79 Å². The minimum Gasteiger partial charge on any atom is -0.479 e. The van der Waals surface area contributed by atoms with E-state index in [9.17, 15) is 14.9 Å². The van der Waals surface area contributed by atoms with E-state index in [2.05, 4.69) is 5.32 Å². The van der Waals surface area contributed by atoms with E-state index in [0.717, 1.165) is 0 Å². The van der Waals surface area contributed by atoms with Gasteiger partial charge in [0.2, 0.25) is 0 Å². The summed E-state index contributed by atoms with van der Waals surface area (Å²) < 4.78 is 4.77. The van der Waals surface area contributed by atoms with Crippen LogP contribution < -0.4 is 5.32 Å². The molecule has 1 atom stereocenters. The second-order valence-electron chi connectivity index (χ2n) is 3.70. The van der Waals surface area contributed by atoms with Crippen LogP contribution in [0.15, 0.2) is 18.2 Å². The molecule has 0 heterocycles. The van der Waals surface area contributed by atoms with Crippen LogP contribution in [-0.4, -0.2) is 35.8 Å². The van der Waals surface area contributed by atoms with Crippen LogP contribution in [0.2, 0.25) is 0 Å². The Kier molecular flexibility index (Phi) is 4.61. The Balaban J connectivity index is 2.74. The standard InChI is InChI=1S/C11H14N2O5/c1-7-5-8(13(16)17)3-4-9(7)12-6-10(18-2)11(14)15/h3-5,10,12H,6H2,1-2H3,(H,14,15). The number of carboxylic acids is 1. The first-order valence-corrected chi connectivity index (χ1v) is 5.20. The van der Waals surface area contributed by atoms with Crippen molar-refractivity contribution in [1.29, 1.82) is 0 Å². The summed E-state index contributed by atoms with van der Waals surface area (Å²) in [5.41, 5.74) is 1.31. The fraction of sp³-hybridized carbons (Fsp3) is 0.364. The number of rotatable bonds is 6. The van der Waals surface area contributed by atoms with Gasteiger partial charge in [0, 0.05) is 24.9 Å². The summed E-state index contributed by atoms with van der Waals surface area (Å²) in [6, 6.07) is 4.32. The van der Waals surface area contributed by atoms with E-state index in [1.165, 1.54) is 19.2 Å². The van der Waals surface area contributed by atoms with Crippen LogP contribution in [0.5, 0.6) is 0 Å². The zero-order valence-electron chi connectivity index (χ0n) is 10.0. The number of nitrogens with one attached hydrogen (secondary N) is 1. The Morgan fingerprint density at radius 2 is 2.28 bits per heavy atom. The van der Waals surface area contributed by atoms with E-state index in [0.29, 0.717) is 11.3 Å². The minimum absolute atomic E-state index is 0.000392. The van der Waals surface area contributed by atoms with Gasteiger partial charge in [-0.3, -0.25) is 10.1 Å². The number of methoxy groups -OCH3 is 1. The highest BCUT2D eigenvalue weighted by Gasteiger charge is 2.16. The van der Waals surface area contributed by atoms with Gasteiger partial charge < -0.3 is 15.2 Å². The van der Waals surface area contributed by atoms with Crippen molar-refractivity contribution in [3.8, 4) is 0 Å². The van der Waals surface area contributed by atoms with Gasteiger partial charge in [-0.05, 0) is 18.6 Å². The number of nitrogens with zero attached hydrogens (tertiary/aromatic N) is 1. The average Bonchev–Trinajstić information content (AvgIpc) is 2.30. The van der Waals surface area contributed by atoms with Crippen molar-refractivity contribution >= 4 is 17.3 Å². The molecule has 0 aliphatic carbocycles. The molecule has 98 valence electrons. The molecule has 18 heavy (non-hydrogen) atoms. The molecule has 0 spiro atoms. The average molecular weight is 254 g/mol. The molecule has 0 saturated carbocycles. The summed E-state index contributed by atoms with van der Waals surface area (Å²) in [5.74, 6) is -1.07. The molecule has 7 nitrogen and oxygen atoms in total. The van der Waals surface area contributed by atoms with Crippen LogP contribution in [0.1, 0.15) is 5.56 Å². The van der Waals surface area contributed by atoms with Crippen molar-refractivity contribution in [2.75, 3.05) is 19.0 Å². The number of aryl methyl sites for hydroxylation is 1. The van der Waals surface area contributed by atoms with Gasteiger partial charge in [0.15, 0.2) is 6.10 Å². The SMILES string of the molecule is COC(CNc1ccc([N+](=O)[O-])cc1C)C(=O)O. The molecule has 2 N–H and O–H groups in total. The molecule has 1 aromatic rings. The van der Waals surface area contributed by atoms with Crippen LogP contribution in [-0.2, 0) is 9.53 Å². The van der Waals surface area contributed by atoms with Crippen molar-refractivity contribution < 1.29 is 19.6 Å². The maximum Gasteiger partial charge on any atom is 0.334 e. The van der Waals surface area contributed by atoms with Crippen LogP contribution in [0.25, 0.3) is 0 Å². The molecule has 1 aromatic carbocycles. The molecule has 0 aliphatic rings. The van der Waals surface area contributed by atoms with Gasteiger partial charge in [-0.15, -0.1) is 0 Å². The first-order chi connectivity index (χ1) is 8.45. The molecule has 7 heteroatoms. The number of anilines is 1. The third-order valence-electron chi connectivity index (χ3n) is 2.46. The Bertz CT molecular complexity index is 461. The van der Waals surface area contributed by atoms with Gasteiger partial charge in [0.05, 0.1) is 11.5 Å². The second kappa shape index (κ2) is 5.97. The van der Waals surface area contributed by atoms with Crippen LogP contribution >= 0.6 is 0 Å². The summed E-state index contributed by atoms with van der Waals surface area (Å²) in [5, 5.41) is 22.2. The normalized spacial score (nSPS) is 11.9. The van der Waals surface area contributed by atoms with Gasteiger partial charge in [0.25, 0.3) is 5.69 Å². The maximum atomic E-state index is 10.7. The molecule has 0 radical (unpaired) electrons. The fourth-order valence-electron chi connectivity index (χ4n) is 1.43. The third kappa shape index (κ3) is 3.42.